The van der Waals surface area contributed by atoms with E-state index in [4.69, 9.17) is 0 Å². The zero-order valence-electron chi connectivity index (χ0n) is 24.3. The molecule has 2 aliphatic rings. The zero-order valence-corrected chi connectivity index (χ0v) is 24.3. The topological polar surface area (TPSA) is 10.4 Å². The first-order valence-corrected chi connectivity index (χ1v) is 14.8. The fraction of sp³-hybridized carbons (Fsp3) is 0.184. The maximum atomic E-state index is 2.42. The van der Waals surface area contributed by atoms with Gasteiger partial charge in [-0.1, -0.05) is 66.8 Å². The fourth-order valence-corrected chi connectivity index (χ4v) is 6.09. The van der Waals surface area contributed by atoms with Crippen molar-refractivity contribution in [2.45, 2.75) is 33.7 Å². The third-order valence-corrected chi connectivity index (χ3v) is 8.08. The second-order valence-corrected chi connectivity index (χ2v) is 10.5. The van der Waals surface area contributed by atoms with Gasteiger partial charge in [0.2, 0.25) is 11.2 Å². The molecule has 0 unspecified atom stereocenters. The van der Waals surface area contributed by atoms with Crippen LogP contribution in [-0.4, -0.2) is 13.1 Å². The lowest BCUT2D eigenvalue weighted by Crippen LogP contribution is -2.36. The molecule has 3 nitrogen and oxygen atoms in total. The summed E-state index contributed by atoms with van der Waals surface area (Å²) in [6, 6.07) is 30.5. The lowest BCUT2D eigenvalue weighted by molar-refractivity contribution is -0.669. The number of hydrogen-bond acceptors (Lipinski definition) is 2. The summed E-state index contributed by atoms with van der Waals surface area (Å²) in [5.74, 6) is 0. The van der Waals surface area contributed by atoms with E-state index in [-0.39, 0.29) is 0 Å². The van der Waals surface area contributed by atoms with E-state index in [9.17, 15) is 0 Å². The number of pyridine rings is 1. The Kier molecular flexibility index (Phi) is 7.69. The largest absolute Gasteiger partial charge is 0.342 e. The van der Waals surface area contributed by atoms with Crippen LogP contribution in [0, 0.1) is 0 Å². The normalized spacial score (nSPS) is 16.5. The van der Waals surface area contributed by atoms with Crippen molar-refractivity contribution in [3.05, 3.63) is 143 Å². The predicted molar refractivity (Wildman–Crippen MR) is 176 cm³/mol. The molecule has 3 heteroatoms. The van der Waals surface area contributed by atoms with E-state index in [0.29, 0.717) is 0 Å². The standard InChI is InChI=1S/C38H38N3/c1-4-39-33(24-20-30-13-7-10-16-36(30)39)23-19-29(27-34-25-21-31-14-8-11-17-37(31)40(34)5-2)28-35-26-22-32-15-9-12-18-38(32)41(35)6-3/h7-18,20-28H,4-6,19H2,1-3H3/q+1. The summed E-state index contributed by atoms with van der Waals surface area (Å²) in [7, 11) is 0. The molecule has 41 heavy (non-hydrogen) atoms. The van der Waals surface area contributed by atoms with Crippen LogP contribution in [0.15, 0.2) is 126 Å². The molecule has 0 bridgehead atoms. The minimum absolute atomic E-state index is 0.825. The second-order valence-electron chi connectivity index (χ2n) is 10.5. The summed E-state index contributed by atoms with van der Waals surface area (Å²) in [4.78, 5) is 4.83. The molecule has 204 valence electrons. The van der Waals surface area contributed by atoms with Gasteiger partial charge in [0.25, 0.3) is 0 Å². The number of benzene rings is 3. The SMILES string of the molecule is CCN1C(=CCC(=Cc2ccc3ccccc3[n+]2CC)C=C2C=Cc3ccccc3N2CC)C=Cc2ccccc21. The van der Waals surface area contributed by atoms with Crippen LogP contribution >= 0.6 is 0 Å². The van der Waals surface area contributed by atoms with Crippen molar-refractivity contribution in [3.8, 4) is 0 Å². The highest BCUT2D eigenvalue weighted by Crippen LogP contribution is 2.33. The Hall–Kier alpha value is -4.63. The average molecular weight is 537 g/mol. The summed E-state index contributed by atoms with van der Waals surface area (Å²) >= 11 is 0. The van der Waals surface area contributed by atoms with Crippen molar-refractivity contribution < 1.29 is 4.57 Å². The number of aryl methyl sites for hydroxylation is 1. The zero-order chi connectivity index (χ0) is 28.2. The molecular formula is C38H38N3+. The summed E-state index contributed by atoms with van der Waals surface area (Å²) in [6.45, 7) is 9.44. The van der Waals surface area contributed by atoms with Crippen molar-refractivity contribution in [2.24, 2.45) is 0 Å². The summed E-state index contributed by atoms with van der Waals surface area (Å²) < 4.78 is 2.42. The highest BCUT2D eigenvalue weighted by atomic mass is 15.1. The van der Waals surface area contributed by atoms with Crippen LogP contribution in [0.5, 0.6) is 0 Å². The van der Waals surface area contributed by atoms with Gasteiger partial charge in [-0.3, -0.25) is 0 Å². The Balaban J connectivity index is 1.44. The monoisotopic (exact) mass is 536 g/mol. The Labute approximate surface area is 244 Å². The minimum Gasteiger partial charge on any atom is -0.342 e. The van der Waals surface area contributed by atoms with Gasteiger partial charge in [-0.2, -0.15) is 4.57 Å². The van der Waals surface area contributed by atoms with E-state index in [2.05, 4.69) is 163 Å². The van der Waals surface area contributed by atoms with Crippen LogP contribution < -0.4 is 14.4 Å². The molecule has 1 aromatic heterocycles. The lowest BCUT2D eigenvalue weighted by Gasteiger charge is -2.30. The van der Waals surface area contributed by atoms with Gasteiger partial charge in [0.15, 0.2) is 0 Å². The molecule has 0 amide bonds. The molecule has 0 N–H and O–H groups in total. The number of aromatic nitrogens is 1. The van der Waals surface area contributed by atoms with Gasteiger partial charge in [-0.15, -0.1) is 0 Å². The summed E-state index contributed by atoms with van der Waals surface area (Å²) in [6.07, 6.45) is 17.0. The highest BCUT2D eigenvalue weighted by Gasteiger charge is 2.19. The highest BCUT2D eigenvalue weighted by molar-refractivity contribution is 5.79. The number of rotatable bonds is 7. The van der Waals surface area contributed by atoms with Crippen LogP contribution in [0.2, 0.25) is 0 Å². The van der Waals surface area contributed by atoms with Crippen LogP contribution in [0.1, 0.15) is 44.0 Å². The fourth-order valence-electron chi connectivity index (χ4n) is 6.09. The average Bonchev–Trinajstić information content (AvgIpc) is 3.03. The van der Waals surface area contributed by atoms with Crippen LogP contribution in [0.3, 0.4) is 0 Å². The first-order chi connectivity index (χ1) is 20.2. The Morgan fingerprint density at radius 3 is 1.95 bits per heavy atom. The number of hydrogen-bond donors (Lipinski definition) is 0. The van der Waals surface area contributed by atoms with Crippen LogP contribution in [-0.2, 0) is 6.54 Å². The number of nitrogens with zero attached hydrogens (tertiary/aromatic N) is 3. The Bertz CT molecular complexity index is 1730. The number of likely N-dealkylation sites (N-methyl/N-ethyl adjacent to an activating group) is 2. The van der Waals surface area contributed by atoms with Gasteiger partial charge in [-0.25, -0.2) is 0 Å². The summed E-state index contributed by atoms with van der Waals surface area (Å²) in [5.41, 5.74) is 11.3. The van der Waals surface area contributed by atoms with Gasteiger partial charge < -0.3 is 9.80 Å². The van der Waals surface area contributed by atoms with Gasteiger partial charge in [0.05, 0.1) is 0 Å². The van der Waals surface area contributed by atoms with E-state index in [1.807, 2.05) is 0 Å². The molecule has 0 radical (unpaired) electrons. The molecule has 0 aliphatic carbocycles. The Morgan fingerprint density at radius 1 is 0.659 bits per heavy atom. The lowest BCUT2D eigenvalue weighted by atomic mass is 10.0. The van der Waals surface area contributed by atoms with E-state index in [0.717, 1.165) is 26.1 Å². The van der Waals surface area contributed by atoms with E-state index in [1.54, 1.807) is 0 Å². The third-order valence-electron chi connectivity index (χ3n) is 8.08. The number of anilines is 2. The first kappa shape index (κ1) is 26.6. The summed E-state index contributed by atoms with van der Waals surface area (Å²) in [5, 5.41) is 1.27. The molecular weight excluding hydrogens is 498 g/mol. The molecule has 0 saturated carbocycles. The maximum Gasteiger partial charge on any atom is 0.212 e. The van der Waals surface area contributed by atoms with Gasteiger partial charge in [0, 0.05) is 59.5 Å². The van der Waals surface area contributed by atoms with Crippen LogP contribution in [0.25, 0.3) is 29.1 Å². The molecule has 0 spiro atoms. The molecule has 0 atom stereocenters. The van der Waals surface area contributed by atoms with Crippen molar-refractivity contribution in [1.29, 1.82) is 0 Å². The van der Waals surface area contributed by atoms with Crippen molar-refractivity contribution in [3.63, 3.8) is 0 Å². The smallest absolute Gasteiger partial charge is 0.212 e. The van der Waals surface area contributed by atoms with Crippen LogP contribution in [0.4, 0.5) is 11.4 Å². The number of fused-ring (bicyclic) bond motifs is 3. The second kappa shape index (κ2) is 11.9. The number of para-hydroxylation sites is 3. The molecule has 2 aliphatic heterocycles. The molecule has 0 saturated heterocycles. The predicted octanol–water partition coefficient (Wildman–Crippen LogP) is 8.80. The third kappa shape index (κ3) is 5.28. The van der Waals surface area contributed by atoms with E-state index >= 15 is 0 Å². The van der Waals surface area contributed by atoms with Crippen molar-refractivity contribution >= 4 is 40.5 Å². The molecule has 3 aromatic carbocycles. The molecule has 3 heterocycles. The Morgan fingerprint density at radius 2 is 1.27 bits per heavy atom. The maximum absolute atomic E-state index is 2.42. The van der Waals surface area contributed by atoms with E-state index in [1.165, 1.54) is 56.1 Å². The van der Waals surface area contributed by atoms with Gasteiger partial charge >= 0.3 is 0 Å². The number of allylic oxidation sites excluding steroid dienone is 5. The van der Waals surface area contributed by atoms with Crippen molar-refractivity contribution in [1.82, 2.24) is 0 Å². The minimum atomic E-state index is 0.825. The molecule has 0 fully saturated rings. The van der Waals surface area contributed by atoms with E-state index < -0.39 is 0 Å². The molecule has 6 rings (SSSR count). The van der Waals surface area contributed by atoms with Gasteiger partial charge in [0.1, 0.15) is 6.54 Å². The quantitative estimate of drug-likeness (QED) is 0.219. The van der Waals surface area contributed by atoms with Gasteiger partial charge in [-0.05, 0) is 86.4 Å². The van der Waals surface area contributed by atoms with Crippen molar-refractivity contribution in [2.75, 3.05) is 22.9 Å². The first-order valence-electron chi connectivity index (χ1n) is 14.8. The molecule has 4 aromatic rings.